The molecular formula is C15H20N2O4. The lowest BCUT2D eigenvalue weighted by molar-refractivity contribution is 0.0533. The van der Waals surface area contributed by atoms with E-state index in [2.05, 4.69) is 5.32 Å². The first-order chi connectivity index (χ1) is 9.69. The van der Waals surface area contributed by atoms with Gasteiger partial charge in [0.25, 0.3) is 0 Å². The van der Waals surface area contributed by atoms with Gasteiger partial charge in [-0.3, -0.25) is 0 Å². The number of hydrogen-bond acceptors (Lipinski definition) is 4. The highest BCUT2D eigenvalue weighted by molar-refractivity contribution is 5.94. The lowest BCUT2D eigenvalue weighted by Crippen LogP contribution is -2.32. The summed E-state index contributed by atoms with van der Waals surface area (Å²) >= 11 is 0. The van der Waals surface area contributed by atoms with Crippen LogP contribution in [0.2, 0.25) is 0 Å². The van der Waals surface area contributed by atoms with Gasteiger partial charge in [0.1, 0.15) is 5.60 Å². The first-order valence-corrected chi connectivity index (χ1v) is 6.45. The summed E-state index contributed by atoms with van der Waals surface area (Å²) < 4.78 is 5.08. The fraction of sp³-hybridized carbons (Fsp3) is 0.333. The molecule has 0 heterocycles. The molecular weight excluding hydrogens is 272 g/mol. The molecule has 0 fully saturated rings. The number of nitrogens with one attached hydrogen (secondary N) is 1. The normalized spacial score (nSPS) is 11.4. The van der Waals surface area contributed by atoms with Crippen LogP contribution in [0.5, 0.6) is 0 Å². The van der Waals surface area contributed by atoms with E-state index in [9.17, 15) is 9.59 Å². The van der Waals surface area contributed by atoms with E-state index >= 15 is 0 Å². The number of benzene rings is 1. The van der Waals surface area contributed by atoms with E-state index < -0.39 is 17.7 Å². The van der Waals surface area contributed by atoms with Crippen LogP contribution in [0.25, 0.3) is 6.08 Å². The summed E-state index contributed by atoms with van der Waals surface area (Å²) in [6.45, 7) is 5.66. The van der Waals surface area contributed by atoms with Gasteiger partial charge in [-0.2, -0.15) is 0 Å². The predicted molar refractivity (Wildman–Crippen MR) is 81.1 cm³/mol. The third-order valence-electron chi connectivity index (χ3n) is 2.38. The number of anilines is 1. The molecule has 0 bridgehead atoms. The van der Waals surface area contributed by atoms with Gasteiger partial charge in [0.15, 0.2) is 0 Å². The Morgan fingerprint density at radius 3 is 2.57 bits per heavy atom. The average Bonchev–Trinajstić information content (AvgIpc) is 2.32. The molecule has 0 saturated carbocycles. The van der Waals surface area contributed by atoms with Crippen LogP contribution in [0.1, 0.15) is 36.7 Å². The summed E-state index contributed by atoms with van der Waals surface area (Å²) in [7, 11) is 0. The maximum atomic E-state index is 11.4. The Kier molecular flexibility index (Phi) is 5.35. The number of nitrogen functional groups attached to an aromatic ring is 1. The summed E-state index contributed by atoms with van der Waals surface area (Å²) in [5.41, 5.74) is 6.13. The summed E-state index contributed by atoms with van der Waals surface area (Å²) in [4.78, 5) is 22.2. The lowest BCUT2D eigenvalue weighted by Gasteiger charge is -2.19. The Bertz CT molecular complexity index is 559. The molecule has 0 unspecified atom stereocenters. The van der Waals surface area contributed by atoms with Gasteiger partial charge in [0, 0.05) is 12.2 Å². The molecule has 1 aromatic rings. The number of carbonyl (C=O) groups is 2. The largest absolute Gasteiger partial charge is 0.478 e. The summed E-state index contributed by atoms with van der Waals surface area (Å²) in [5, 5.41) is 11.4. The first-order valence-electron chi connectivity index (χ1n) is 6.45. The molecule has 0 saturated heterocycles. The molecule has 0 spiro atoms. The molecule has 6 heteroatoms. The number of carboxylic acid groups (broad SMARTS) is 1. The molecule has 0 aliphatic heterocycles. The molecule has 0 aliphatic rings. The highest BCUT2D eigenvalue weighted by Gasteiger charge is 2.15. The van der Waals surface area contributed by atoms with Crippen molar-refractivity contribution in [1.29, 1.82) is 0 Å². The zero-order valence-electron chi connectivity index (χ0n) is 12.3. The summed E-state index contributed by atoms with van der Waals surface area (Å²) in [5.74, 6) is -1.06. The minimum Gasteiger partial charge on any atom is -0.478 e. The van der Waals surface area contributed by atoms with Crippen LogP contribution < -0.4 is 11.1 Å². The van der Waals surface area contributed by atoms with Crippen LogP contribution in [0.4, 0.5) is 10.5 Å². The van der Waals surface area contributed by atoms with E-state index in [1.54, 1.807) is 45.1 Å². The van der Waals surface area contributed by atoms with Crippen molar-refractivity contribution in [2.24, 2.45) is 0 Å². The number of aromatic carboxylic acids is 1. The molecule has 114 valence electrons. The molecule has 21 heavy (non-hydrogen) atoms. The third kappa shape index (κ3) is 5.99. The van der Waals surface area contributed by atoms with Gasteiger partial charge >= 0.3 is 12.1 Å². The van der Waals surface area contributed by atoms with Gasteiger partial charge < -0.3 is 20.9 Å². The quantitative estimate of drug-likeness (QED) is 0.740. The van der Waals surface area contributed by atoms with Crippen LogP contribution in [0.15, 0.2) is 24.3 Å². The second-order valence-electron chi connectivity index (χ2n) is 5.44. The van der Waals surface area contributed by atoms with Gasteiger partial charge in [-0.15, -0.1) is 0 Å². The predicted octanol–water partition coefficient (Wildman–Crippen LogP) is 2.50. The number of rotatable bonds is 4. The molecule has 0 atom stereocenters. The van der Waals surface area contributed by atoms with Crippen LogP contribution in [-0.2, 0) is 4.74 Å². The number of amides is 1. The van der Waals surface area contributed by atoms with E-state index in [1.165, 1.54) is 6.07 Å². The maximum absolute atomic E-state index is 11.4. The van der Waals surface area contributed by atoms with Crippen molar-refractivity contribution in [2.45, 2.75) is 26.4 Å². The van der Waals surface area contributed by atoms with E-state index in [0.717, 1.165) is 5.56 Å². The highest BCUT2D eigenvalue weighted by Crippen LogP contribution is 2.15. The topological polar surface area (TPSA) is 102 Å². The fourth-order valence-corrected chi connectivity index (χ4v) is 1.53. The van der Waals surface area contributed by atoms with Crippen molar-refractivity contribution in [3.8, 4) is 0 Å². The molecule has 1 rings (SSSR count). The number of carboxylic acids is 1. The average molecular weight is 292 g/mol. The maximum Gasteiger partial charge on any atom is 0.407 e. The van der Waals surface area contributed by atoms with Crippen LogP contribution in [-0.4, -0.2) is 29.3 Å². The molecule has 4 N–H and O–H groups in total. The second kappa shape index (κ2) is 6.78. The van der Waals surface area contributed by atoms with E-state index in [0.29, 0.717) is 6.54 Å². The number of alkyl carbamates (subject to hydrolysis) is 1. The van der Waals surface area contributed by atoms with Gasteiger partial charge in [-0.25, -0.2) is 9.59 Å². The van der Waals surface area contributed by atoms with Crippen LogP contribution >= 0.6 is 0 Å². The SMILES string of the molecule is CC(C)(C)OC(=O)NCC=Cc1ccc(C(=O)O)c(N)c1. The number of hydrogen-bond donors (Lipinski definition) is 3. The van der Waals surface area contributed by atoms with Gasteiger partial charge in [-0.05, 0) is 38.5 Å². The molecule has 1 amide bonds. The molecule has 0 aromatic heterocycles. The Hall–Kier alpha value is -2.50. The van der Waals surface area contributed by atoms with Gasteiger partial charge in [0.2, 0.25) is 0 Å². The van der Waals surface area contributed by atoms with Crippen molar-refractivity contribution in [1.82, 2.24) is 5.32 Å². The Balaban J connectivity index is 2.53. The standard InChI is InChI=1S/C15H20N2O4/c1-15(2,3)21-14(20)17-8-4-5-10-6-7-11(13(18)19)12(16)9-10/h4-7,9H,8,16H2,1-3H3,(H,17,20)(H,18,19). The smallest absolute Gasteiger partial charge is 0.407 e. The van der Waals surface area contributed by atoms with E-state index in [4.69, 9.17) is 15.6 Å². The number of nitrogens with two attached hydrogens (primary N) is 1. The molecule has 0 aliphatic carbocycles. The third-order valence-corrected chi connectivity index (χ3v) is 2.38. The van der Waals surface area contributed by atoms with E-state index in [1.807, 2.05) is 0 Å². The minimum atomic E-state index is -1.06. The monoisotopic (exact) mass is 292 g/mol. The Labute approximate surface area is 123 Å². The summed E-state index contributed by atoms with van der Waals surface area (Å²) in [6, 6.07) is 4.65. The zero-order chi connectivity index (χ0) is 16.0. The van der Waals surface area contributed by atoms with Crippen molar-refractivity contribution < 1.29 is 19.4 Å². The van der Waals surface area contributed by atoms with Crippen molar-refractivity contribution >= 4 is 23.8 Å². The molecule has 0 radical (unpaired) electrons. The first kappa shape index (κ1) is 16.6. The van der Waals surface area contributed by atoms with Crippen molar-refractivity contribution in [3.63, 3.8) is 0 Å². The number of carbonyl (C=O) groups excluding carboxylic acids is 1. The Morgan fingerprint density at radius 2 is 2.05 bits per heavy atom. The lowest BCUT2D eigenvalue weighted by atomic mass is 10.1. The minimum absolute atomic E-state index is 0.0685. The zero-order valence-corrected chi connectivity index (χ0v) is 12.3. The van der Waals surface area contributed by atoms with Crippen molar-refractivity contribution in [3.05, 3.63) is 35.4 Å². The van der Waals surface area contributed by atoms with Crippen molar-refractivity contribution in [2.75, 3.05) is 12.3 Å². The van der Waals surface area contributed by atoms with Gasteiger partial charge in [-0.1, -0.05) is 18.2 Å². The highest BCUT2D eigenvalue weighted by atomic mass is 16.6. The molecule has 1 aromatic carbocycles. The Morgan fingerprint density at radius 1 is 1.38 bits per heavy atom. The summed E-state index contributed by atoms with van der Waals surface area (Å²) in [6.07, 6.45) is 2.96. The fourth-order valence-electron chi connectivity index (χ4n) is 1.53. The molecule has 6 nitrogen and oxygen atoms in total. The second-order valence-corrected chi connectivity index (χ2v) is 5.44. The van der Waals surface area contributed by atoms with E-state index in [-0.39, 0.29) is 11.3 Å². The van der Waals surface area contributed by atoms with Gasteiger partial charge in [0.05, 0.1) is 5.56 Å². The number of ether oxygens (including phenoxy) is 1. The van der Waals surface area contributed by atoms with Crippen LogP contribution in [0, 0.1) is 0 Å². The van der Waals surface area contributed by atoms with Crippen LogP contribution in [0.3, 0.4) is 0 Å².